The summed E-state index contributed by atoms with van der Waals surface area (Å²) in [7, 11) is 5.46. The minimum absolute atomic E-state index is 0.000209. The van der Waals surface area contributed by atoms with Gasteiger partial charge in [-0.3, -0.25) is 4.79 Å². The first-order valence-corrected chi connectivity index (χ1v) is 13.4. The molecule has 2 aliphatic rings. The van der Waals surface area contributed by atoms with Crippen LogP contribution in [0.1, 0.15) is 10.4 Å². The third-order valence-corrected chi connectivity index (χ3v) is 8.26. The van der Waals surface area contributed by atoms with E-state index in [0.717, 1.165) is 29.7 Å². The number of benzene rings is 1. The largest absolute Gasteiger partial charge is 0.477 e. The van der Waals surface area contributed by atoms with Gasteiger partial charge in [0.15, 0.2) is 0 Å². The quantitative estimate of drug-likeness (QED) is 0.305. The van der Waals surface area contributed by atoms with Crippen molar-refractivity contribution in [1.82, 2.24) is 24.4 Å². The molecule has 210 valence electrons. The number of pyridine rings is 3. The van der Waals surface area contributed by atoms with E-state index in [0.29, 0.717) is 46.6 Å². The number of hydrogen-bond acceptors (Lipinski definition) is 8. The van der Waals surface area contributed by atoms with Crippen molar-refractivity contribution in [2.45, 2.75) is 12.1 Å². The molecule has 1 unspecified atom stereocenters. The zero-order valence-corrected chi connectivity index (χ0v) is 22.7. The molecule has 12 heteroatoms. The van der Waals surface area contributed by atoms with Crippen molar-refractivity contribution in [3.8, 4) is 11.1 Å². The molecule has 0 aliphatic carbocycles. The lowest BCUT2D eigenvalue weighted by Crippen LogP contribution is -2.51. The second-order valence-corrected chi connectivity index (χ2v) is 10.8. The Labute approximate surface area is 233 Å². The average molecular weight is 558 g/mol. The number of morpholine rings is 1. The maximum Gasteiger partial charge on any atom is 0.341 e. The van der Waals surface area contributed by atoms with Gasteiger partial charge in [0.25, 0.3) is 0 Å². The molecule has 7 rings (SSSR count). The zero-order chi connectivity index (χ0) is 28.6. The average Bonchev–Trinajstić information content (AvgIpc) is 3.53. The number of likely N-dealkylation sites (N-methyl/N-ethyl adjacent to an activating group) is 1. The first-order valence-electron chi connectivity index (χ1n) is 13.4. The van der Waals surface area contributed by atoms with Gasteiger partial charge in [0, 0.05) is 68.8 Å². The van der Waals surface area contributed by atoms with Crippen LogP contribution in [0.15, 0.2) is 41.6 Å². The van der Waals surface area contributed by atoms with E-state index in [2.05, 4.69) is 32.1 Å². The van der Waals surface area contributed by atoms with Gasteiger partial charge in [-0.1, -0.05) is 0 Å². The molecule has 41 heavy (non-hydrogen) atoms. The fourth-order valence-corrected chi connectivity index (χ4v) is 6.43. The number of rotatable bonds is 4. The lowest BCUT2D eigenvalue weighted by molar-refractivity contribution is 0.0319. The Hall–Kier alpha value is -4.55. The molecule has 0 bridgehead atoms. The second kappa shape index (κ2) is 9.25. The number of aromatic amines is 1. The van der Waals surface area contributed by atoms with Crippen molar-refractivity contribution < 1.29 is 19.0 Å². The molecule has 0 spiro atoms. The highest BCUT2D eigenvalue weighted by Gasteiger charge is 2.40. The van der Waals surface area contributed by atoms with Crippen molar-refractivity contribution in [3.05, 3.63) is 58.4 Å². The van der Waals surface area contributed by atoms with E-state index in [-0.39, 0.29) is 28.9 Å². The molecule has 0 amide bonds. The number of ether oxygens (including phenoxy) is 1. The molecule has 11 nitrogen and oxygen atoms in total. The summed E-state index contributed by atoms with van der Waals surface area (Å²) in [5.41, 5.74) is 3.55. The topological polar surface area (TPSA) is 129 Å². The van der Waals surface area contributed by atoms with Gasteiger partial charge < -0.3 is 34.5 Å². The van der Waals surface area contributed by atoms with Gasteiger partial charge in [-0.2, -0.15) is 0 Å². The monoisotopic (exact) mass is 557 g/mol. The van der Waals surface area contributed by atoms with Crippen LogP contribution in [0.5, 0.6) is 0 Å². The van der Waals surface area contributed by atoms with Crippen LogP contribution in [0.4, 0.5) is 15.8 Å². The second-order valence-electron chi connectivity index (χ2n) is 10.8. The smallest absolute Gasteiger partial charge is 0.341 e. The fraction of sp³-hybridized carbons (Fsp3) is 0.310. The molecule has 2 atom stereocenters. The number of H-pyrrole nitrogens is 1. The zero-order valence-electron chi connectivity index (χ0n) is 22.7. The van der Waals surface area contributed by atoms with Gasteiger partial charge in [0.2, 0.25) is 5.43 Å². The minimum Gasteiger partial charge on any atom is -0.477 e. The number of hydrogen-bond donors (Lipinski definition) is 3. The Kier molecular flexibility index (Phi) is 5.73. The lowest BCUT2D eigenvalue weighted by Gasteiger charge is -2.40. The van der Waals surface area contributed by atoms with Crippen molar-refractivity contribution in [2.75, 3.05) is 50.6 Å². The molecule has 3 N–H and O–H groups in total. The number of aromatic carboxylic acids is 1. The number of carbonyl (C=O) groups is 1. The number of carboxylic acids is 1. The summed E-state index contributed by atoms with van der Waals surface area (Å²) in [6, 6.07) is 4.67. The molecule has 2 aliphatic heterocycles. The first kappa shape index (κ1) is 25.4. The number of likely N-dealkylation sites (tertiary alicyclic amines) is 1. The highest BCUT2D eigenvalue weighted by molar-refractivity contribution is 6.18. The third kappa shape index (κ3) is 3.85. The molecular formula is C29H28FN7O4. The van der Waals surface area contributed by atoms with Crippen LogP contribution in [0, 0.1) is 5.82 Å². The Morgan fingerprint density at radius 2 is 2.00 bits per heavy atom. The van der Waals surface area contributed by atoms with Gasteiger partial charge in [0.1, 0.15) is 22.7 Å². The standard InChI is InChI=1S/C29H28FN7O4/c1-31-20-8-15(30)7-16-23-25(37-4-5-41-22-13-35(2)12-21(22)37)18(10-32-27(23)34-24(16)20)14-6-17-26(38)19(29(39)40)11-36(3)28(17)33-9-14/h6-11,21-22,31H,4-5,12-13H2,1-3H3,(H,32,34)(H,39,40)/t21?,22-/m0/s1. The predicted octanol–water partition coefficient (Wildman–Crippen LogP) is 3.03. The summed E-state index contributed by atoms with van der Waals surface area (Å²) in [5, 5.41) is 14.3. The van der Waals surface area contributed by atoms with Crippen LogP contribution in [-0.2, 0) is 11.8 Å². The predicted molar refractivity (Wildman–Crippen MR) is 154 cm³/mol. The van der Waals surface area contributed by atoms with Crippen LogP contribution in [-0.4, -0.2) is 88.0 Å². The highest BCUT2D eigenvalue weighted by atomic mass is 19.1. The van der Waals surface area contributed by atoms with Gasteiger partial charge in [0.05, 0.1) is 46.4 Å². The first-order chi connectivity index (χ1) is 19.7. The Morgan fingerprint density at radius 1 is 1.17 bits per heavy atom. The molecule has 5 aromatic rings. The summed E-state index contributed by atoms with van der Waals surface area (Å²) >= 11 is 0. The normalized spacial score (nSPS) is 19.4. The van der Waals surface area contributed by atoms with E-state index < -0.39 is 11.4 Å². The molecule has 6 heterocycles. The number of carboxylic acid groups (broad SMARTS) is 1. The van der Waals surface area contributed by atoms with E-state index in [1.54, 1.807) is 32.6 Å². The van der Waals surface area contributed by atoms with Crippen LogP contribution in [0.2, 0.25) is 0 Å². The number of aromatic nitrogens is 4. The molecular weight excluding hydrogens is 529 g/mol. The van der Waals surface area contributed by atoms with Crippen LogP contribution < -0.4 is 15.6 Å². The minimum atomic E-state index is -1.30. The van der Waals surface area contributed by atoms with Gasteiger partial charge in [-0.25, -0.2) is 19.2 Å². The van der Waals surface area contributed by atoms with Gasteiger partial charge in [-0.15, -0.1) is 0 Å². The molecule has 0 radical (unpaired) electrons. The van der Waals surface area contributed by atoms with Crippen LogP contribution in [0.3, 0.4) is 0 Å². The maximum atomic E-state index is 14.9. The molecule has 2 fully saturated rings. The lowest BCUT2D eigenvalue weighted by atomic mass is 9.99. The number of aryl methyl sites for hydroxylation is 1. The number of fused-ring (bicyclic) bond motifs is 5. The van der Waals surface area contributed by atoms with Gasteiger partial charge >= 0.3 is 5.97 Å². The third-order valence-electron chi connectivity index (χ3n) is 8.26. The summed E-state index contributed by atoms with van der Waals surface area (Å²) in [4.78, 5) is 42.2. The van der Waals surface area contributed by atoms with Crippen molar-refractivity contribution in [3.63, 3.8) is 0 Å². The SMILES string of the molecule is CNc1cc(F)cc2c1[nH]c1ncc(-c3cnc4c(c3)c(=O)c(C(=O)O)cn4C)c(N3CCO[C@H]4CN(C)CC43)c12. The molecule has 4 aromatic heterocycles. The Balaban J connectivity index is 1.55. The Bertz CT molecular complexity index is 1950. The summed E-state index contributed by atoms with van der Waals surface area (Å²) in [6.07, 6.45) is 4.69. The summed E-state index contributed by atoms with van der Waals surface area (Å²) in [5.74, 6) is -1.68. The van der Waals surface area contributed by atoms with Gasteiger partial charge in [-0.05, 0) is 25.2 Å². The van der Waals surface area contributed by atoms with Crippen molar-refractivity contribution in [2.24, 2.45) is 7.05 Å². The van der Waals surface area contributed by atoms with Crippen molar-refractivity contribution >= 4 is 50.3 Å². The van der Waals surface area contributed by atoms with E-state index >= 15 is 0 Å². The Morgan fingerprint density at radius 3 is 2.78 bits per heavy atom. The van der Waals surface area contributed by atoms with Crippen LogP contribution >= 0.6 is 0 Å². The number of anilines is 2. The van der Waals surface area contributed by atoms with Crippen molar-refractivity contribution in [1.29, 1.82) is 0 Å². The van der Waals surface area contributed by atoms with E-state index in [1.165, 1.54) is 22.9 Å². The van der Waals surface area contributed by atoms with Crippen LogP contribution in [0.25, 0.3) is 44.1 Å². The summed E-state index contributed by atoms with van der Waals surface area (Å²) < 4.78 is 22.6. The van der Waals surface area contributed by atoms with E-state index in [4.69, 9.17) is 9.72 Å². The summed E-state index contributed by atoms with van der Waals surface area (Å²) in [6.45, 7) is 2.71. The molecule has 2 saturated heterocycles. The number of halogens is 1. The molecule has 1 aromatic carbocycles. The van der Waals surface area contributed by atoms with E-state index in [1.807, 2.05) is 0 Å². The molecule has 0 saturated carbocycles. The highest BCUT2D eigenvalue weighted by Crippen LogP contribution is 2.44. The fourth-order valence-electron chi connectivity index (χ4n) is 6.43. The maximum absolute atomic E-state index is 14.9. The van der Waals surface area contributed by atoms with E-state index in [9.17, 15) is 19.1 Å². The number of nitrogens with one attached hydrogen (secondary N) is 2. The number of nitrogens with zero attached hydrogens (tertiary/aromatic N) is 5.